The minimum atomic E-state index is 0.218. The van der Waals surface area contributed by atoms with Gasteiger partial charge in [-0.15, -0.1) is 0 Å². The first-order chi connectivity index (χ1) is 14.2. The quantitative estimate of drug-likeness (QED) is 0.533. The van der Waals surface area contributed by atoms with Gasteiger partial charge in [0.05, 0.1) is 23.5 Å². The average Bonchev–Trinajstić information content (AvgIpc) is 3.41. The molecule has 29 heavy (non-hydrogen) atoms. The molecule has 6 rings (SSSR count). The second-order valence-electron chi connectivity index (χ2n) is 8.51. The molecule has 2 fully saturated rings. The van der Waals surface area contributed by atoms with Crippen molar-refractivity contribution in [2.75, 3.05) is 13.1 Å². The molecule has 1 amide bonds. The maximum atomic E-state index is 12.9. The number of fused-ring (bicyclic) bond motifs is 2. The van der Waals surface area contributed by atoms with E-state index in [1.807, 2.05) is 24.1 Å². The first-order valence-corrected chi connectivity index (χ1v) is 10.5. The van der Waals surface area contributed by atoms with E-state index in [1.54, 1.807) is 0 Å². The summed E-state index contributed by atoms with van der Waals surface area (Å²) in [6.07, 6.45) is 5.03. The Morgan fingerprint density at radius 1 is 1.03 bits per heavy atom. The highest BCUT2D eigenvalue weighted by molar-refractivity contribution is 5.89. The van der Waals surface area contributed by atoms with Crippen molar-refractivity contribution in [3.05, 3.63) is 66.1 Å². The van der Waals surface area contributed by atoms with Gasteiger partial charge in [-0.1, -0.05) is 30.3 Å². The Bertz CT molecular complexity index is 1240. The summed E-state index contributed by atoms with van der Waals surface area (Å²) in [5, 5.41) is 1.18. The van der Waals surface area contributed by atoms with Crippen LogP contribution in [0.3, 0.4) is 0 Å². The largest absolute Gasteiger partial charge is 0.350 e. The van der Waals surface area contributed by atoms with Gasteiger partial charge in [-0.25, -0.2) is 4.98 Å². The summed E-state index contributed by atoms with van der Waals surface area (Å²) in [4.78, 5) is 19.9. The molecule has 3 heterocycles. The Morgan fingerprint density at radius 2 is 1.76 bits per heavy atom. The third-order valence-electron chi connectivity index (χ3n) is 6.47. The average molecular weight is 384 g/mol. The van der Waals surface area contributed by atoms with Gasteiger partial charge in [0.15, 0.2) is 0 Å². The number of likely N-dealkylation sites (tertiary alicyclic amines) is 1. The van der Waals surface area contributed by atoms with Gasteiger partial charge in [0, 0.05) is 43.2 Å². The van der Waals surface area contributed by atoms with Gasteiger partial charge in [-0.2, -0.15) is 0 Å². The summed E-state index contributed by atoms with van der Waals surface area (Å²) >= 11 is 0. The number of aryl methyl sites for hydroxylation is 1. The van der Waals surface area contributed by atoms with E-state index >= 15 is 0 Å². The van der Waals surface area contributed by atoms with Gasteiger partial charge < -0.3 is 14.0 Å². The van der Waals surface area contributed by atoms with Gasteiger partial charge in [0.25, 0.3) is 0 Å². The summed E-state index contributed by atoms with van der Waals surface area (Å²) in [6, 6.07) is 17.0. The number of rotatable bonds is 4. The third-order valence-corrected chi connectivity index (χ3v) is 6.47. The van der Waals surface area contributed by atoms with Crippen LogP contribution < -0.4 is 0 Å². The summed E-state index contributed by atoms with van der Waals surface area (Å²) in [7, 11) is 2.04. The Labute approximate surface area is 169 Å². The molecule has 1 saturated heterocycles. The molecule has 0 radical (unpaired) electrons. The zero-order valence-electron chi connectivity index (χ0n) is 16.6. The molecular weight excluding hydrogens is 360 g/mol. The van der Waals surface area contributed by atoms with Crippen molar-refractivity contribution in [2.45, 2.75) is 31.2 Å². The Morgan fingerprint density at radius 3 is 2.55 bits per heavy atom. The van der Waals surface area contributed by atoms with Crippen LogP contribution in [0, 0.1) is 0 Å². The lowest BCUT2D eigenvalue weighted by Gasteiger charge is -2.41. The fraction of sp³-hybridized carbons (Fsp3) is 0.333. The van der Waals surface area contributed by atoms with Crippen molar-refractivity contribution in [1.29, 1.82) is 0 Å². The lowest BCUT2D eigenvalue weighted by Crippen LogP contribution is -2.51. The summed E-state index contributed by atoms with van der Waals surface area (Å²) in [6.45, 7) is 1.56. The second-order valence-corrected chi connectivity index (χ2v) is 8.51. The monoisotopic (exact) mass is 384 g/mol. The number of nitrogens with zero attached hydrogens (tertiary/aromatic N) is 4. The van der Waals surface area contributed by atoms with Gasteiger partial charge in [-0.3, -0.25) is 4.79 Å². The molecule has 0 spiro atoms. The SMILES string of the molecule is Cn1cc(CC(=O)N2CC(n3c(C4CC4)nc4ccccc43)C2)c2ccccc21. The normalized spacial score (nSPS) is 17.2. The highest BCUT2D eigenvalue weighted by Crippen LogP contribution is 2.43. The van der Waals surface area contributed by atoms with Crippen LogP contribution >= 0.6 is 0 Å². The van der Waals surface area contributed by atoms with E-state index in [0.29, 0.717) is 18.4 Å². The van der Waals surface area contributed by atoms with Crippen LogP contribution in [0.4, 0.5) is 0 Å². The molecule has 1 aliphatic heterocycles. The summed E-state index contributed by atoms with van der Waals surface area (Å²) < 4.78 is 4.52. The van der Waals surface area contributed by atoms with Crippen LogP contribution in [0.5, 0.6) is 0 Å². The second kappa shape index (κ2) is 6.21. The molecule has 0 unspecified atom stereocenters. The van der Waals surface area contributed by atoms with E-state index in [4.69, 9.17) is 4.98 Å². The molecule has 2 aliphatic rings. The summed E-state index contributed by atoms with van der Waals surface area (Å²) in [5.41, 5.74) is 4.58. The van der Waals surface area contributed by atoms with Crippen LogP contribution in [0.1, 0.15) is 36.2 Å². The van der Waals surface area contributed by atoms with Crippen molar-refractivity contribution in [2.24, 2.45) is 7.05 Å². The Balaban J connectivity index is 1.22. The number of aromatic nitrogens is 3. The molecule has 1 saturated carbocycles. The highest BCUT2D eigenvalue weighted by atomic mass is 16.2. The first kappa shape index (κ1) is 16.8. The van der Waals surface area contributed by atoms with Gasteiger partial charge in [0.1, 0.15) is 5.82 Å². The highest BCUT2D eigenvalue weighted by Gasteiger charge is 2.37. The predicted octanol–water partition coefficient (Wildman–Crippen LogP) is 4.03. The molecule has 0 atom stereocenters. The Kier molecular flexibility index (Phi) is 3.60. The molecule has 2 aromatic carbocycles. The molecule has 0 bridgehead atoms. The van der Waals surface area contributed by atoms with Crippen molar-refractivity contribution in [1.82, 2.24) is 19.0 Å². The maximum Gasteiger partial charge on any atom is 0.227 e. The van der Waals surface area contributed by atoms with E-state index in [9.17, 15) is 4.79 Å². The van der Waals surface area contributed by atoms with E-state index < -0.39 is 0 Å². The topological polar surface area (TPSA) is 43.1 Å². The molecule has 5 heteroatoms. The maximum absolute atomic E-state index is 12.9. The lowest BCUT2D eigenvalue weighted by molar-refractivity contribution is -0.136. The number of hydrogen-bond donors (Lipinski definition) is 0. The van der Waals surface area contributed by atoms with Crippen LogP contribution in [0.15, 0.2) is 54.7 Å². The molecule has 2 aromatic heterocycles. The zero-order valence-corrected chi connectivity index (χ0v) is 16.6. The number of para-hydroxylation sites is 3. The minimum Gasteiger partial charge on any atom is -0.350 e. The minimum absolute atomic E-state index is 0.218. The van der Waals surface area contributed by atoms with Crippen molar-refractivity contribution in [3.8, 4) is 0 Å². The molecule has 1 aliphatic carbocycles. The standard InChI is InChI=1S/C24H24N4O/c1-26-13-17(19-6-2-4-8-21(19)26)12-23(29)27-14-18(15-27)28-22-9-5-3-7-20(22)25-24(28)16-10-11-16/h2-9,13,16,18H,10-12,14-15H2,1H3. The van der Waals surface area contributed by atoms with Crippen molar-refractivity contribution < 1.29 is 4.79 Å². The van der Waals surface area contributed by atoms with E-state index in [0.717, 1.165) is 24.2 Å². The van der Waals surface area contributed by atoms with Crippen LogP contribution in [0.25, 0.3) is 21.9 Å². The molecule has 0 N–H and O–H groups in total. The number of carbonyl (C=O) groups excluding carboxylic acids is 1. The third kappa shape index (κ3) is 2.68. The van der Waals surface area contributed by atoms with Crippen LogP contribution in [-0.2, 0) is 18.3 Å². The number of imidazole rings is 1. The number of carbonyl (C=O) groups is 1. The van der Waals surface area contributed by atoms with Gasteiger partial charge in [-0.05, 0) is 36.6 Å². The molecule has 146 valence electrons. The smallest absolute Gasteiger partial charge is 0.227 e. The van der Waals surface area contributed by atoms with E-state index in [2.05, 4.69) is 51.7 Å². The van der Waals surface area contributed by atoms with Gasteiger partial charge >= 0.3 is 0 Å². The number of benzene rings is 2. The Hall–Kier alpha value is -3.08. The molecule has 4 aromatic rings. The molecular formula is C24H24N4O. The van der Waals surface area contributed by atoms with Crippen molar-refractivity contribution >= 4 is 27.8 Å². The predicted molar refractivity (Wildman–Crippen MR) is 114 cm³/mol. The van der Waals surface area contributed by atoms with Crippen molar-refractivity contribution in [3.63, 3.8) is 0 Å². The number of amides is 1. The van der Waals surface area contributed by atoms with E-state index in [-0.39, 0.29) is 5.91 Å². The lowest BCUT2D eigenvalue weighted by atomic mass is 10.0. The van der Waals surface area contributed by atoms with Gasteiger partial charge in [0.2, 0.25) is 5.91 Å². The van der Waals surface area contributed by atoms with Crippen LogP contribution in [-0.4, -0.2) is 38.0 Å². The molecule has 5 nitrogen and oxygen atoms in total. The summed E-state index contributed by atoms with van der Waals surface area (Å²) in [5.74, 6) is 2.04. The fourth-order valence-electron chi connectivity index (χ4n) is 4.74. The zero-order chi connectivity index (χ0) is 19.5. The number of hydrogen-bond acceptors (Lipinski definition) is 2. The fourth-order valence-corrected chi connectivity index (χ4v) is 4.74. The van der Waals surface area contributed by atoms with Crippen LogP contribution in [0.2, 0.25) is 0 Å². The first-order valence-electron chi connectivity index (χ1n) is 10.5. The van der Waals surface area contributed by atoms with E-state index in [1.165, 1.54) is 35.1 Å².